The molecule has 0 amide bonds. The number of hydrogen-bond donors (Lipinski definition) is 1. The zero-order valence-corrected chi connectivity index (χ0v) is 10.3. The third-order valence-corrected chi connectivity index (χ3v) is 4.90. The molecule has 2 saturated heterocycles. The molecule has 0 radical (unpaired) electrons. The van der Waals surface area contributed by atoms with Crippen LogP contribution in [0.4, 0.5) is 0 Å². The van der Waals surface area contributed by atoms with Gasteiger partial charge >= 0.3 is 0 Å². The molecular weight excluding hydrogens is 220 g/mol. The van der Waals surface area contributed by atoms with Crippen LogP contribution in [0.15, 0.2) is 6.20 Å². The van der Waals surface area contributed by atoms with Gasteiger partial charge in [0.25, 0.3) is 0 Å². The van der Waals surface area contributed by atoms with E-state index in [-0.39, 0.29) is 0 Å². The first-order valence-electron chi connectivity index (χ1n) is 6.17. The van der Waals surface area contributed by atoms with E-state index in [1.807, 2.05) is 11.3 Å². The van der Waals surface area contributed by atoms with E-state index < -0.39 is 0 Å². The van der Waals surface area contributed by atoms with Crippen LogP contribution in [0.5, 0.6) is 0 Å². The molecule has 4 heteroatoms. The van der Waals surface area contributed by atoms with Gasteiger partial charge in [-0.05, 0) is 31.7 Å². The van der Waals surface area contributed by atoms with E-state index in [0.717, 1.165) is 26.3 Å². The van der Waals surface area contributed by atoms with Crippen LogP contribution in [0.2, 0.25) is 0 Å². The molecule has 2 fully saturated rings. The maximum atomic E-state index is 5.40. The van der Waals surface area contributed by atoms with Gasteiger partial charge in [0.1, 0.15) is 0 Å². The summed E-state index contributed by atoms with van der Waals surface area (Å²) >= 11 is 1.93. The number of ether oxygens (including phenoxy) is 1. The van der Waals surface area contributed by atoms with Crippen molar-refractivity contribution in [2.24, 2.45) is 0 Å². The fourth-order valence-electron chi connectivity index (χ4n) is 2.53. The van der Waals surface area contributed by atoms with Crippen molar-refractivity contribution in [3.05, 3.63) is 16.1 Å². The van der Waals surface area contributed by atoms with Crippen LogP contribution in [0, 0.1) is 0 Å². The molecule has 88 valence electrons. The summed E-state index contributed by atoms with van der Waals surface area (Å²) in [7, 11) is 0. The number of aromatic nitrogens is 1. The highest BCUT2D eigenvalue weighted by molar-refractivity contribution is 7.11. The van der Waals surface area contributed by atoms with Gasteiger partial charge in [0.15, 0.2) is 0 Å². The minimum Gasteiger partial charge on any atom is -0.381 e. The van der Waals surface area contributed by atoms with E-state index in [9.17, 15) is 0 Å². The molecule has 3 heterocycles. The first-order chi connectivity index (χ1) is 7.93. The molecule has 16 heavy (non-hydrogen) atoms. The normalized spacial score (nSPS) is 27.4. The summed E-state index contributed by atoms with van der Waals surface area (Å²) in [6.07, 6.45) is 5.70. The van der Waals surface area contributed by atoms with Gasteiger partial charge in [-0.3, -0.25) is 0 Å². The molecule has 1 N–H and O–H groups in total. The summed E-state index contributed by atoms with van der Waals surface area (Å²) in [4.78, 5) is 6.09. The Kier molecular flexibility index (Phi) is 3.22. The van der Waals surface area contributed by atoms with Crippen LogP contribution in [-0.4, -0.2) is 31.3 Å². The van der Waals surface area contributed by atoms with Gasteiger partial charge in [-0.1, -0.05) is 0 Å². The Labute approximate surface area is 100 Å². The van der Waals surface area contributed by atoms with Gasteiger partial charge < -0.3 is 10.1 Å². The van der Waals surface area contributed by atoms with Gasteiger partial charge in [-0.15, -0.1) is 11.3 Å². The quantitative estimate of drug-likeness (QED) is 0.857. The molecule has 1 unspecified atom stereocenters. The Balaban J connectivity index is 1.71. The van der Waals surface area contributed by atoms with E-state index in [1.165, 1.54) is 29.1 Å². The molecular formula is C12H18N2OS. The summed E-state index contributed by atoms with van der Waals surface area (Å²) < 4.78 is 5.40. The van der Waals surface area contributed by atoms with E-state index in [4.69, 9.17) is 4.74 Å². The first-order valence-corrected chi connectivity index (χ1v) is 6.99. The molecule has 0 saturated carbocycles. The maximum Gasteiger partial charge on any atom is 0.0971 e. The zero-order valence-electron chi connectivity index (χ0n) is 9.45. The molecule has 1 atom stereocenters. The third kappa shape index (κ3) is 2.14. The summed E-state index contributed by atoms with van der Waals surface area (Å²) in [5, 5.41) is 4.75. The van der Waals surface area contributed by atoms with E-state index in [0.29, 0.717) is 11.8 Å². The molecule has 3 nitrogen and oxygen atoms in total. The largest absolute Gasteiger partial charge is 0.381 e. The van der Waals surface area contributed by atoms with Gasteiger partial charge in [-0.25, -0.2) is 4.98 Å². The highest BCUT2D eigenvalue weighted by Crippen LogP contribution is 2.34. The SMILES string of the molecule is c1nc(C2CCNC2)sc1C1CCOCC1. The first kappa shape index (κ1) is 10.7. The molecule has 0 aliphatic carbocycles. The van der Waals surface area contributed by atoms with Gasteiger partial charge in [0, 0.05) is 36.8 Å². The average molecular weight is 238 g/mol. The Bertz CT molecular complexity index is 341. The van der Waals surface area contributed by atoms with Crippen molar-refractivity contribution in [2.75, 3.05) is 26.3 Å². The number of nitrogens with one attached hydrogen (secondary N) is 1. The minimum atomic E-state index is 0.665. The van der Waals surface area contributed by atoms with E-state index >= 15 is 0 Å². The Morgan fingerprint density at radius 2 is 2.12 bits per heavy atom. The summed E-state index contributed by atoms with van der Waals surface area (Å²) in [6, 6.07) is 0. The number of nitrogens with zero attached hydrogens (tertiary/aromatic N) is 1. The fraction of sp³-hybridized carbons (Fsp3) is 0.750. The lowest BCUT2D eigenvalue weighted by molar-refractivity contribution is 0.0860. The second-order valence-electron chi connectivity index (χ2n) is 4.68. The van der Waals surface area contributed by atoms with Crippen molar-refractivity contribution in [2.45, 2.75) is 31.1 Å². The predicted molar refractivity (Wildman–Crippen MR) is 65.1 cm³/mol. The number of hydrogen-bond acceptors (Lipinski definition) is 4. The van der Waals surface area contributed by atoms with Crippen LogP contribution in [0.3, 0.4) is 0 Å². The Morgan fingerprint density at radius 3 is 2.88 bits per heavy atom. The van der Waals surface area contributed by atoms with Crippen LogP contribution < -0.4 is 5.32 Å². The smallest absolute Gasteiger partial charge is 0.0971 e. The molecule has 0 bridgehead atoms. The highest BCUT2D eigenvalue weighted by Gasteiger charge is 2.23. The average Bonchev–Trinajstić information content (AvgIpc) is 3.01. The zero-order chi connectivity index (χ0) is 10.8. The van der Waals surface area contributed by atoms with Gasteiger partial charge in [0.05, 0.1) is 5.01 Å². The molecule has 0 spiro atoms. The van der Waals surface area contributed by atoms with Crippen molar-refractivity contribution >= 4 is 11.3 Å². The standard InChI is InChI=1S/C12H18N2OS/c1-4-13-7-10(1)12-14-8-11(16-12)9-2-5-15-6-3-9/h8-10,13H,1-7H2. The Morgan fingerprint density at radius 1 is 1.25 bits per heavy atom. The van der Waals surface area contributed by atoms with Crippen molar-refractivity contribution in [1.82, 2.24) is 10.3 Å². The number of thiazole rings is 1. The van der Waals surface area contributed by atoms with E-state index in [1.54, 1.807) is 0 Å². The van der Waals surface area contributed by atoms with Crippen molar-refractivity contribution in [1.29, 1.82) is 0 Å². The highest BCUT2D eigenvalue weighted by atomic mass is 32.1. The minimum absolute atomic E-state index is 0.665. The lowest BCUT2D eigenvalue weighted by Crippen LogP contribution is -2.12. The van der Waals surface area contributed by atoms with Crippen molar-refractivity contribution in [3.8, 4) is 0 Å². The van der Waals surface area contributed by atoms with Crippen LogP contribution in [0.1, 0.15) is 41.0 Å². The fourth-order valence-corrected chi connectivity index (χ4v) is 3.75. The van der Waals surface area contributed by atoms with Gasteiger partial charge in [-0.2, -0.15) is 0 Å². The molecule has 1 aromatic heterocycles. The third-order valence-electron chi connectivity index (χ3n) is 3.57. The molecule has 0 aromatic carbocycles. The monoisotopic (exact) mass is 238 g/mol. The molecule has 2 aliphatic rings. The van der Waals surface area contributed by atoms with Gasteiger partial charge in [0.2, 0.25) is 0 Å². The summed E-state index contributed by atoms with van der Waals surface area (Å²) in [5.74, 6) is 1.37. The second-order valence-corrected chi connectivity index (χ2v) is 5.77. The van der Waals surface area contributed by atoms with Crippen molar-refractivity contribution in [3.63, 3.8) is 0 Å². The number of rotatable bonds is 2. The maximum absolute atomic E-state index is 5.40. The summed E-state index contributed by atoms with van der Waals surface area (Å²) in [6.45, 7) is 4.10. The lowest BCUT2D eigenvalue weighted by Gasteiger charge is -2.20. The topological polar surface area (TPSA) is 34.2 Å². The molecule has 3 rings (SSSR count). The Hall–Kier alpha value is -0.450. The van der Waals surface area contributed by atoms with E-state index in [2.05, 4.69) is 16.5 Å². The summed E-state index contributed by atoms with van der Waals surface area (Å²) in [5.41, 5.74) is 0. The lowest BCUT2D eigenvalue weighted by atomic mass is 9.99. The molecule has 1 aromatic rings. The van der Waals surface area contributed by atoms with Crippen LogP contribution >= 0.6 is 11.3 Å². The van der Waals surface area contributed by atoms with Crippen LogP contribution in [-0.2, 0) is 4.74 Å². The second kappa shape index (κ2) is 4.82. The van der Waals surface area contributed by atoms with Crippen molar-refractivity contribution < 1.29 is 4.74 Å². The van der Waals surface area contributed by atoms with Crippen LogP contribution in [0.25, 0.3) is 0 Å². The molecule has 2 aliphatic heterocycles. The predicted octanol–water partition coefficient (Wildman–Crippen LogP) is 2.11.